The topological polar surface area (TPSA) is 114 Å². The predicted octanol–water partition coefficient (Wildman–Crippen LogP) is 5.40. The highest BCUT2D eigenvalue weighted by Crippen LogP contribution is 2.28. The number of likely N-dealkylation sites (tertiary alicyclic amines) is 1. The van der Waals surface area contributed by atoms with Crippen LogP contribution in [0.4, 0.5) is 8.78 Å². The number of nitrogens with zero attached hydrogens (tertiary/aromatic N) is 5. The number of ether oxygens (including phenoxy) is 2. The number of carbonyl (C=O) groups is 1. The summed E-state index contributed by atoms with van der Waals surface area (Å²) in [7, 11) is 0. The number of nitriles is 1. The van der Waals surface area contributed by atoms with Gasteiger partial charge in [0.15, 0.2) is 5.82 Å². The molecule has 1 N–H and O–H groups in total. The van der Waals surface area contributed by atoms with Gasteiger partial charge in [-0.3, -0.25) is 4.90 Å². The van der Waals surface area contributed by atoms with Crippen molar-refractivity contribution in [1.82, 2.24) is 19.4 Å². The molecule has 0 saturated carbocycles. The summed E-state index contributed by atoms with van der Waals surface area (Å²) in [5, 5.41) is 18.4. The Morgan fingerprint density at radius 2 is 1.93 bits per heavy atom. The van der Waals surface area contributed by atoms with Crippen LogP contribution in [-0.2, 0) is 23.6 Å². The van der Waals surface area contributed by atoms with E-state index in [2.05, 4.69) is 14.9 Å². The van der Waals surface area contributed by atoms with E-state index >= 15 is 0 Å². The number of benzene rings is 2. The molecule has 2 aromatic heterocycles. The minimum atomic E-state index is -1.18. The van der Waals surface area contributed by atoms with Crippen molar-refractivity contribution in [3.63, 3.8) is 0 Å². The Balaban J connectivity index is 1.07. The third kappa shape index (κ3) is 6.64. The molecule has 2 fully saturated rings. The maximum Gasteiger partial charge on any atom is 0.335 e. The van der Waals surface area contributed by atoms with Gasteiger partial charge in [-0.05, 0) is 55.7 Å². The minimum absolute atomic E-state index is 0.00312. The van der Waals surface area contributed by atoms with Crippen molar-refractivity contribution in [2.24, 2.45) is 0 Å². The molecule has 2 saturated heterocycles. The molecule has 222 valence electrons. The molecule has 0 radical (unpaired) electrons. The zero-order valence-corrected chi connectivity index (χ0v) is 24.0. The molecule has 6 rings (SSSR count). The van der Waals surface area contributed by atoms with Gasteiger partial charge in [0.25, 0.3) is 0 Å². The Hall–Kier alpha value is -4.05. The lowest BCUT2D eigenvalue weighted by Crippen LogP contribution is -2.39. The van der Waals surface area contributed by atoms with E-state index < -0.39 is 17.6 Å². The van der Waals surface area contributed by atoms with Gasteiger partial charge in [0.2, 0.25) is 5.88 Å². The van der Waals surface area contributed by atoms with E-state index in [1.54, 1.807) is 12.1 Å². The van der Waals surface area contributed by atoms with Gasteiger partial charge in [-0.25, -0.2) is 23.5 Å². The normalized spacial score (nSPS) is 17.5. The Kier molecular flexibility index (Phi) is 8.56. The van der Waals surface area contributed by atoms with Crippen LogP contribution in [-0.4, -0.2) is 62.4 Å². The summed E-state index contributed by atoms with van der Waals surface area (Å²) in [6, 6.07) is 14.4. The van der Waals surface area contributed by atoms with Crippen LogP contribution in [0.1, 0.15) is 46.7 Å². The molecule has 0 spiro atoms. The Labute approximate surface area is 251 Å². The molecule has 12 heteroatoms. The molecule has 4 aromatic rings. The molecular weight excluding hydrogens is 576 g/mol. The Bertz CT molecular complexity index is 1700. The first-order valence-electron chi connectivity index (χ1n) is 14.1. The fourth-order valence-corrected chi connectivity index (χ4v) is 6.13. The highest BCUT2D eigenvalue weighted by Gasteiger charge is 2.27. The largest absolute Gasteiger partial charge is 0.478 e. The highest BCUT2D eigenvalue weighted by molar-refractivity contribution is 7.98. The number of pyridine rings is 1. The zero-order valence-electron chi connectivity index (χ0n) is 23.2. The van der Waals surface area contributed by atoms with Crippen LogP contribution in [0.5, 0.6) is 5.88 Å². The number of halogens is 2. The number of aromatic carboxylic acids is 1. The minimum Gasteiger partial charge on any atom is -0.478 e. The smallest absolute Gasteiger partial charge is 0.335 e. The van der Waals surface area contributed by atoms with Crippen molar-refractivity contribution in [3.8, 4) is 11.9 Å². The van der Waals surface area contributed by atoms with E-state index in [1.807, 2.05) is 28.8 Å². The lowest BCUT2D eigenvalue weighted by Gasteiger charge is -2.32. The van der Waals surface area contributed by atoms with Crippen LogP contribution in [0, 0.1) is 23.0 Å². The average molecular weight is 606 g/mol. The van der Waals surface area contributed by atoms with Crippen molar-refractivity contribution >= 4 is 28.8 Å². The summed E-state index contributed by atoms with van der Waals surface area (Å²) in [4.78, 5) is 23.4. The first-order valence-corrected chi connectivity index (χ1v) is 15.1. The molecule has 0 aliphatic carbocycles. The number of aromatic nitrogens is 3. The number of carboxylic acid groups (broad SMARTS) is 1. The lowest BCUT2D eigenvalue weighted by molar-refractivity contribution is -0.0592. The Morgan fingerprint density at radius 3 is 2.63 bits per heavy atom. The second-order valence-corrected chi connectivity index (χ2v) is 11.7. The fourth-order valence-electron chi connectivity index (χ4n) is 5.31. The molecule has 9 nitrogen and oxygen atoms in total. The maximum absolute atomic E-state index is 14.8. The number of rotatable bonds is 10. The van der Waals surface area contributed by atoms with Gasteiger partial charge in [0.1, 0.15) is 23.3 Å². The molecular formula is C31H29F2N5O4S. The van der Waals surface area contributed by atoms with E-state index in [9.17, 15) is 18.7 Å². The lowest BCUT2D eigenvalue weighted by atomic mass is 10.1. The average Bonchev–Trinajstić information content (AvgIpc) is 3.32. The second kappa shape index (κ2) is 12.7. The summed E-state index contributed by atoms with van der Waals surface area (Å²) < 4.78 is 42.8. The number of piperidine rings is 1. The third-order valence-electron chi connectivity index (χ3n) is 7.72. The van der Waals surface area contributed by atoms with E-state index in [4.69, 9.17) is 14.7 Å². The van der Waals surface area contributed by atoms with Gasteiger partial charge in [0.05, 0.1) is 47.6 Å². The number of hydrogen-bond acceptors (Lipinski definition) is 8. The van der Waals surface area contributed by atoms with E-state index in [0.29, 0.717) is 47.6 Å². The second-order valence-electron chi connectivity index (χ2n) is 10.7. The molecule has 0 amide bonds. The summed E-state index contributed by atoms with van der Waals surface area (Å²) in [6.45, 7) is 3.15. The molecule has 0 unspecified atom stereocenters. The quantitative estimate of drug-likeness (QED) is 0.237. The number of carboxylic acids is 1. The number of thioether (sulfide) groups is 1. The third-order valence-corrected chi connectivity index (χ3v) is 8.80. The number of hydrogen-bond donors (Lipinski definition) is 1. The van der Waals surface area contributed by atoms with Crippen molar-refractivity contribution in [3.05, 3.63) is 82.8 Å². The molecule has 2 aliphatic heterocycles. The highest BCUT2D eigenvalue weighted by atomic mass is 32.2. The van der Waals surface area contributed by atoms with Crippen molar-refractivity contribution in [2.45, 2.75) is 55.2 Å². The molecule has 2 aliphatic rings. The van der Waals surface area contributed by atoms with Crippen LogP contribution in [0.3, 0.4) is 0 Å². The van der Waals surface area contributed by atoms with Gasteiger partial charge in [-0.1, -0.05) is 6.07 Å². The molecule has 1 atom stereocenters. The maximum atomic E-state index is 14.8. The van der Waals surface area contributed by atoms with Crippen LogP contribution >= 0.6 is 11.8 Å². The monoisotopic (exact) mass is 605 g/mol. The number of fused-ring (bicyclic) bond motifs is 1. The molecule has 0 bridgehead atoms. The molecule has 2 aromatic carbocycles. The molecule has 4 heterocycles. The SMILES string of the molecule is N#Cc1ccc(SCc2cccc(OC3CCN(Cc4nc5c(F)cc(C(=O)O)cc5n4C[C@@H]4CCO4)CC3)n2)c(F)c1. The van der Waals surface area contributed by atoms with Gasteiger partial charge < -0.3 is 19.1 Å². The van der Waals surface area contributed by atoms with Gasteiger partial charge >= 0.3 is 5.97 Å². The van der Waals surface area contributed by atoms with Gasteiger partial charge in [-0.2, -0.15) is 5.26 Å². The van der Waals surface area contributed by atoms with Crippen LogP contribution < -0.4 is 4.74 Å². The van der Waals surface area contributed by atoms with Crippen molar-refractivity contribution < 1.29 is 28.2 Å². The van der Waals surface area contributed by atoms with Crippen molar-refractivity contribution in [1.29, 1.82) is 5.26 Å². The fraction of sp³-hybridized carbons (Fsp3) is 0.355. The van der Waals surface area contributed by atoms with Crippen molar-refractivity contribution in [2.75, 3.05) is 19.7 Å². The summed E-state index contributed by atoms with van der Waals surface area (Å²) >= 11 is 1.31. The summed E-state index contributed by atoms with van der Waals surface area (Å²) in [5.74, 6) is -0.603. The Morgan fingerprint density at radius 1 is 1.12 bits per heavy atom. The predicted molar refractivity (Wildman–Crippen MR) is 155 cm³/mol. The van der Waals surface area contributed by atoms with Crippen LogP contribution in [0.2, 0.25) is 0 Å². The first-order chi connectivity index (χ1) is 20.9. The van der Waals surface area contributed by atoms with E-state index in [-0.39, 0.29) is 28.9 Å². The van der Waals surface area contributed by atoms with Crippen LogP contribution in [0.25, 0.3) is 11.0 Å². The van der Waals surface area contributed by atoms with Crippen LogP contribution in [0.15, 0.2) is 53.4 Å². The zero-order chi connectivity index (χ0) is 29.9. The standard InChI is InChI=1S/C31H29F2N5O4S/c32-24-12-19(15-34)4-5-27(24)43-18-21-2-1-3-29(35-21)42-22-6-9-37(10-7-22)17-28-36-30-25(33)13-20(31(39)40)14-26(30)38(28)16-23-8-11-41-23/h1-5,12-14,22-23H,6-11,16-18H2,(H,39,40)/t23-/m0/s1. The van der Waals surface area contributed by atoms with E-state index in [1.165, 1.54) is 23.9 Å². The molecule has 43 heavy (non-hydrogen) atoms. The van der Waals surface area contributed by atoms with Gasteiger partial charge in [-0.15, -0.1) is 11.8 Å². The van der Waals surface area contributed by atoms with E-state index in [0.717, 1.165) is 44.1 Å². The summed E-state index contributed by atoms with van der Waals surface area (Å²) in [5.41, 5.74) is 1.57. The number of imidazole rings is 1. The summed E-state index contributed by atoms with van der Waals surface area (Å²) in [6.07, 6.45) is 2.39. The first kappa shape index (κ1) is 29.0. The van der Waals surface area contributed by atoms with Gasteiger partial charge in [0, 0.05) is 36.4 Å².